The molecule has 3 heterocycles. The van der Waals surface area contributed by atoms with Gasteiger partial charge in [-0.3, -0.25) is 0 Å². The number of para-hydroxylation sites is 2. The van der Waals surface area contributed by atoms with Crippen molar-refractivity contribution in [2.75, 3.05) is 0 Å². The van der Waals surface area contributed by atoms with Crippen molar-refractivity contribution in [3.05, 3.63) is 93.4 Å². The zero-order valence-electron chi connectivity index (χ0n) is 16.6. The third-order valence-corrected chi connectivity index (χ3v) is 6.37. The number of hydrogen-bond acceptors (Lipinski definition) is 2. The molecule has 0 spiro atoms. The Morgan fingerprint density at radius 3 is 2.32 bits per heavy atom. The summed E-state index contributed by atoms with van der Waals surface area (Å²) in [4.78, 5) is 20.3. The lowest BCUT2D eigenvalue weighted by Crippen LogP contribution is -2.00. The van der Waals surface area contributed by atoms with Crippen molar-refractivity contribution < 1.29 is 4.42 Å². The molecule has 0 radical (unpaired) electrons. The summed E-state index contributed by atoms with van der Waals surface area (Å²) in [5.74, 6) is 0. The van der Waals surface area contributed by atoms with Crippen LogP contribution in [-0.4, -0.2) is 9.97 Å². The van der Waals surface area contributed by atoms with Gasteiger partial charge in [-0.15, -0.1) is 0 Å². The van der Waals surface area contributed by atoms with Gasteiger partial charge in [0.2, 0.25) is 0 Å². The largest absolute Gasteiger partial charge is 0.422 e. The van der Waals surface area contributed by atoms with Gasteiger partial charge < -0.3 is 14.4 Å². The quantitative estimate of drug-likeness (QED) is 0.264. The molecular weight excluding hydrogens is 452 g/mol. The number of aromatic amines is 2. The first-order valence-electron chi connectivity index (χ1n) is 10.0. The highest BCUT2D eigenvalue weighted by molar-refractivity contribution is 9.10. The smallest absolute Gasteiger partial charge is 0.346 e. The molecule has 0 unspecified atom stereocenters. The number of rotatable bonds is 2. The molecule has 0 saturated carbocycles. The summed E-state index contributed by atoms with van der Waals surface area (Å²) < 4.78 is 6.74. The van der Waals surface area contributed by atoms with Crippen LogP contribution in [0.5, 0.6) is 0 Å². The molecule has 0 aliphatic rings. The molecule has 6 rings (SSSR count). The summed E-state index contributed by atoms with van der Waals surface area (Å²) in [5, 5.41) is 2.54. The fourth-order valence-electron chi connectivity index (χ4n) is 4.50. The summed E-state index contributed by atoms with van der Waals surface area (Å²) in [6.45, 7) is 2.04. The zero-order chi connectivity index (χ0) is 21.1. The lowest BCUT2D eigenvalue weighted by molar-refractivity contribution is 0.570. The number of nitrogens with one attached hydrogen (secondary N) is 2. The summed E-state index contributed by atoms with van der Waals surface area (Å²) in [5.41, 5.74) is 6.86. The fourth-order valence-corrected chi connectivity index (χ4v) is 4.77. The highest BCUT2D eigenvalue weighted by Crippen LogP contribution is 2.43. The third kappa shape index (κ3) is 2.70. The topological polar surface area (TPSA) is 61.8 Å². The molecule has 150 valence electrons. The van der Waals surface area contributed by atoms with Gasteiger partial charge in [0.1, 0.15) is 5.58 Å². The summed E-state index contributed by atoms with van der Waals surface area (Å²) in [7, 11) is 0. The van der Waals surface area contributed by atoms with Crippen LogP contribution in [0.3, 0.4) is 0 Å². The molecule has 0 bridgehead atoms. The molecular formula is C26H17BrN2O2. The highest BCUT2D eigenvalue weighted by atomic mass is 79.9. The second-order valence-electron chi connectivity index (χ2n) is 7.69. The summed E-state index contributed by atoms with van der Waals surface area (Å²) >= 11 is 3.52. The van der Waals surface area contributed by atoms with Crippen LogP contribution in [0.25, 0.3) is 55.2 Å². The number of benzene rings is 3. The van der Waals surface area contributed by atoms with Crippen molar-refractivity contribution in [3.8, 4) is 22.4 Å². The van der Waals surface area contributed by atoms with Crippen LogP contribution in [0, 0.1) is 6.92 Å². The van der Waals surface area contributed by atoms with E-state index in [0.29, 0.717) is 11.0 Å². The minimum Gasteiger partial charge on any atom is -0.422 e. The molecule has 0 atom stereocenters. The van der Waals surface area contributed by atoms with E-state index in [-0.39, 0.29) is 5.63 Å². The average molecular weight is 469 g/mol. The molecule has 3 aromatic heterocycles. The van der Waals surface area contributed by atoms with Gasteiger partial charge in [-0.25, -0.2) is 4.79 Å². The van der Waals surface area contributed by atoms with Gasteiger partial charge in [0.25, 0.3) is 0 Å². The second-order valence-corrected chi connectivity index (χ2v) is 8.60. The number of aromatic nitrogens is 2. The van der Waals surface area contributed by atoms with Gasteiger partial charge >= 0.3 is 5.63 Å². The Bertz CT molecular complexity index is 1670. The molecule has 0 fully saturated rings. The van der Waals surface area contributed by atoms with E-state index in [2.05, 4.69) is 38.0 Å². The fraction of sp³-hybridized carbons (Fsp3) is 0.0385. The SMILES string of the molecule is Cc1[nH]c2ccccc2c1-c1c(-c2ccc(Br)cc2)[nH]c2c1c(=O)oc1ccccc12. The molecule has 3 aromatic carbocycles. The van der Waals surface area contributed by atoms with E-state index in [1.807, 2.05) is 67.6 Å². The Morgan fingerprint density at radius 2 is 1.52 bits per heavy atom. The maximum absolute atomic E-state index is 13.3. The van der Waals surface area contributed by atoms with Gasteiger partial charge in [0.05, 0.1) is 16.6 Å². The third-order valence-electron chi connectivity index (χ3n) is 5.84. The van der Waals surface area contributed by atoms with Crippen LogP contribution in [0.1, 0.15) is 5.69 Å². The van der Waals surface area contributed by atoms with Crippen molar-refractivity contribution in [3.63, 3.8) is 0 Å². The van der Waals surface area contributed by atoms with Crippen molar-refractivity contribution >= 4 is 48.7 Å². The minimum absolute atomic E-state index is 0.340. The zero-order valence-corrected chi connectivity index (χ0v) is 18.2. The van der Waals surface area contributed by atoms with E-state index < -0.39 is 0 Å². The van der Waals surface area contributed by atoms with E-state index in [1.165, 1.54) is 0 Å². The first kappa shape index (κ1) is 18.2. The van der Waals surface area contributed by atoms with Gasteiger partial charge in [-0.2, -0.15) is 0 Å². The normalized spacial score (nSPS) is 11.7. The molecule has 6 aromatic rings. The Kier molecular flexibility index (Phi) is 3.95. The van der Waals surface area contributed by atoms with Gasteiger partial charge in [-0.05, 0) is 42.8 Å². The summed E-state index contributed by atoms with van der Waals surface area (Å²) in [6, 6.07) is 23.9. The average Bonchev–Trinajstić information content (AvgIpc) is 3.32. The van der Waals surface area contributed by atoms with Crippen LogP contribution >= 0.6 is 15.9 Å². The predicted molar refractivity (Wildman–Crippen MR) is 130 cm³/mol. The highest BCUT2D eigenvalue weighted by Gasteiger charge is 2.24. The van der Waals surface area contributed by atoms with Crippen LogP contribution in [-0.2, 0) is 0 Å². The summed E-state index contributed by atoms with van der Waals surface area (Å²) in [6.07, 6.45) is 0. The van der Waals surface area contributed by atoms with E-state index in [9.17, 15) is 4.79 Å². The van der Waals surface area contributed by atoms with Gasteiger partial charge in [0.15, 0.2) is 0 Å². The standard InChI is InChI=1S/C26H17BrN2O2/c1-14-21(17-6-2-4-8-19(17)28-14)22-23-25(18-7-3-5-9-20(18)31-26(23)30)29-24(22)15-10-12-16(27)13-11-15/h2-13,28-29H,1H3. The molecule has 0 aliphatic carbocycles. The number of aryl methyl sites for hydroxylation is 1. The Labute approximate surface area is 185 Å². The van der Waals surface area contributed by atoms with Crippen molar-refractivity contribution in [1.82, 2.24) is 9.97 Å². The predicted octanol–water partition coefficient (Wildman–Crippen LogP) is 7.16. The van der Waals surface area contributed by atoms with Crippen molar-refractivity contribution in [2.45, 2.75) is 6.92 Å². The van der Waals surface area contributed by atoms with E-state index in [4.69, 9.17) is 4.42 Å². The first-order valence-corrected chi connectivity index (χ1v) is 10.8. The molecule has 31 heavy (non-hydrogen) atoms. The van der Waals surface area contributed by atoms with Crippen LogP contribution < -0.4 is 5.63 Å². The van der Waals surface area contributed by atoms with Crippen molar-refractivity contribution in [2.24, 2.45) is 0 Å². The van der Waals surface area contributed by atoms with E-state index in [0.717, 1.165) is 54.4 Å². The molecule has 0 aliphatic heterocycles. The number of hydrogen-bond donors (Lipinski definition) is 2. The van der Waals surface area contributed by atoms with Gasteiger partial charge in [-0.1, -0.05) is 58.4 Å². The Hall–Kier alpha value is -3.57. The molecule has 0 amide bonds. The second kappa shape index (κ2) is 6.72. The first-order chi connectivity index (χ1) is 15.1. The van der Waals surface area contributed by atoms with Crippen molar-refractivity contribution in [1.29, 1.82) is 0 Å². The molecule has 2 N–H and O–H groups in total. The van der Waals surface area contributed by atoms with Crippen LogP contribution in [0.2, 0.25) is 0 Å². The van der Waals surface area contributed by atoms with Crippen LogP contribution in [0.15, 0.2) is 86.5 Å². The minimum atomic E-state index is -0.340. The van der Waals surface area contributed by atoms with Crippen LogP contribution in [0.4, 0.5) is 0 Å². The molecule has 0 saturated heterocycles. The lowest BCUT2D eigenvalue weighted by Gasteiger charge is -2.06. The van der Waals surface area contributed by atoms with Gasteiger partial charge in [0, 0.05) is 37.6 Å². The maximum atomic E-state index is 13.3. The van der Waals surface area contributed by atoms with E-state index >= 15 is 0 Å². The lowest BCUT2D eigenvalue weighted by atomic mass is 9.96. The Morgan fingerprint density at radius 1 is 0.806 bits per heavy atom. The Balaban J connectivity index is 1.84. The number of H-pyrrole nitrogens is 2. The molecule has 4 nitrogen and oxygen atoms in total. The monoisotopic (exact) mass is 468 g/mol. The number of halogens is 1. The maximum Gasteiger partial charge on any atom is 0.346 e. The van der Waals surface area contributed by atoms with E-state index in [1.54, 1.807) is 0 Å². The molecule has 5 heteroatoms. The number of fused-ring (bicyclic) bond motifs is 4.